The van der Waals surface area contributed by atoms with E-state index in [2.05, 4.69) is 10.6 Å². The van der Waals surface area contributed by atoms with Crippen molar-refractivity contribution in [3.05, 3.63) is 46.8 Å². The SMILES string of the molecule is CC1CC1(O)C(=O)NCc1c2c(nn1CCC1CC1)CC(CCc1cccc(OCC(F)(F)F)c1)NC2=O. The number of benzene rings is 1. The fraction of sp³-hybridized carbons (Fsp3) is 0.593. The molecule has 1 aromatic carbocycles. The Morgan fingerprint density at radius 1 is 1.32 bits per heavy atom. The van der Waals surface area contributed by atoms with E-state index in [-0.39, 0.29) is 30.2 Å². The van der Waals surface area contributed by atoms with Crippen LogP contribution in [0.4, 0.5) is 13.2 Å². The van der Waals surface area contributed by atoms with Crippen molar-refractivity contribution in [2.45, 2.75) is 82.8 Å². The standard InChI is InChI=1S/C27H33F3N4O4/c1-16-13-26(16,37)25(36)31-14-22-23-21(33-34(22)10-9-17-5-6-17)12-19(32-24(23)35)8-7-18-3-2-4-20(11-18)38-15-27(28,29)30/h2-4,11,16-17,19,37H,5-10,12-15H2,1H3,(H,31,36)(H,32,35). The minimum Gasteiger partial charge on any atom is -0.484 e. The molecule has 0 saturated heterocycles. The van der Waals surface area contributed by atoms with Crippen molar-refractivity contribution >= 4 is 11.8 Å². The predicted molar refractivity (Wildman–Crippen MR) is 131 cm³/mol. The zero-order chi connectivity index (χ0) is 27.1. The summed E-state index contributed by atoms with van der Waals surface area (Å²) in [6, 6.07) is 6.36. The number of alkyl halides is 3. The maximum absolute atomic E-state index is 13.2. The van der Waals surface area contributed by atoms with Gasteiger partial charge in [0.15, 0.2) is 6.61 Å². The summed E-state index contributed by atoms with van der Waals surface area (Å²) in [4.78, 5) is 25.7. The molecule has 1 aliphatic heterocycles. The predicted octanol–water partition coefficient (Wildman–Crippen LogP) is 3.30. The Hall–Kier alpha value is -3.08. The highest BCUT2D eigenvalue weighted by Gasteiger charge is 2.56. The molecule has 2 saturated carbocycles. The second-order valence-corrected chi connectivity index (χ2v) is 10.9. The molecule has 0 bridgehead atoms. The summed E-state index contributed by atoms with van der Waals surface area (Å²) in [5.41, 5.74) is 1.29. The first-order chi connectivity index (χ1) is 18.0. The molecule has 0 spiro atoms. The molecule has 206 valence electrons. The van der Waals surface area contributed by atoms with Crippen LogP contribution in [0.5, 0.6) is 5.75 Å². The number of amides is 2. The molecule has 11 heteroatoms. The minimum atomic E-state index is -4.40. The van der Waals surface area contributed by atoms with Crippen molar-refractivity contribution in [3.8, 4) is 5.75 Å². The number of nitrogens with one attached hydrogen (secondary N) is 2. The number of carbonyl (C=O) groups excluding carboxylic acids is 2. The highest BCUT2D eigenvalue weighted by atomic mass is 19.4. The lowest BCUT2D eigenvalue weighted by Gasteiger charge is -2.23. The normalized spacial score (nSPS) is 24.5. The van der Waals surface area contributed by atoms with Gasteiger partial charge in [-0.2, -0.15) is 18.3 Å². The Balaban J connectivity index is 1.24. The van der Waals surface area contributed by atoms with Crippen LogP contribution in [0.25, 0.3) is 0 Å². The van der Waals surface area contributed by atoms with Gasteiger partial charge in [-0.15, -0.1) is 0 Å². The Labute approximate surface area is 218 Å². The van der Waals surface area contributed by atoms with Gasteiger partial charge in [-0.1, -0.05) is 31.9 Å². The van der Waals surface area contributed by atoms with Crippen LogP contribution in [0.1, 0.15) is 66.3 Å². The summed E-state index contributed by atoms with van der Waals surface area (Å²) in [5.74, 6) is 0.0607. The van der Waals surface area contributed by atoms with Gasteiger partial charge < -0.3 is 20.5 Å². The number of hydrogen-bond acceptors (Lipinski definition) is 5. The number of aryl methyl sites for hydroxylation is 2. The summed E-state index contributed by atoms with van der Waals surface area (Å²) in [6.07, 6.45) is 1.03. The molecule has 0 radical (unpaired) electrons. The van der Waals surface area contributed by atoms with Crippen LogP contribution in [-0.4, -0.2) is 51.1 Å². The quantitative estimate of drug-likeness (QED) is 0.410. The monoisotopic (exact) mass is 534 g/mol. The number of aromatic nitrogens is 2. The third kappa shape index (κ3) is 6.14. The number of rotatable bonds is 11. The fourth-order valence-electron chi connectivity index (χ4n) is 5.09. The third-order valence-electron chi connectivity index (χ3n) is 7.74. The number of nitrogens with zero attached hydrogens (tertiary/aromatic N) is 2. The molecule has 5 rings (SSSR count). The van der Waals surface area contributed by atoms with Crippen molar-refractivity contribution < 1.29 is 32.6 Å². The van der Waals surface area contributed by atoms with Crippen molar-refractivity contribution in [2.75, 3.05) is 6.61 Å². The minimum absolute atomic E-state index is 0.0860. The van der Waals surface area contributed by atoms with Crippen molar-refractivity contribution in [3.63, 3.8) is 0 Å². The molecule has 3 aliphatic rings. The van der Waals surface area contributed by atoms with Crippen molar-refractivity contribution in [1.29, 1.82) is 0 Å². The number of fused-ring (bicyclic) bond motifs is 1. The van der Waals surface area contributed by atoms with Crippen LogP contribution in [0.15, 0.2) is 24.3 Å². The van der Waals surface area contributed by atoms with Crippen molar-refractivity contribution in [1.82, 2.24) is 20.4 Å². The second kappa shape index (κ2) is 10.2. The Morgan fingerprint density at radius 2 is 2.08 bits per heavy atom. The molecule has 2 amide bonds. The van der Waals surface area contributed by atoms with E-state index in [9.17, 15) is 27.9 Å². The maximum atomic E-state index is 13.2. The number of hydrogen-bond donors (Lipinski definition) is 3. The van der Waals surface area contributed by atoms with Gasteiger partial charge >= 0.3 is 6.18 Å². The largest absolute Gasteiger partial charge is 0.484 e. The van der Waals surface area contributed by atoms with Crippen LogP contribution in [0, 0.1) is 11.8 Å². The lowest BCUT2D eigenvalue weighted by molar-refractivity contribution is -0.153. The third-order valence-corrected chi connectivity index (χ3v) is 7.74. The van der Waals surface area contributed by atoms with Gasteiger partial charge in [0.25, 0.3) is 11.8 Å². The first-order valence-electron chi connectivity index (χ1n) is 13.2. The number of aliphatic hydroxyl groups is 1. The average Bonchev–Trinajstić information content (AvgIpc) is 3.77. The molecule has 2 aliphatic carbocycles. The van der Waals surface area contributed by atoms with E-state index >= 15 is 0 Å². The molecule has 2 heterocycles. The van der Waals surface area contributed by atoms with Crippen LogP contribution in [0.2, 0.25) is 0 Å². The van der Waals surface area contributed by atoms with Gasteiger partial charge in [0.1, 0.15) is 11.4 Å². The zero-order valence-electron chi connectivity index (χ0n) is 21.3. The van der Waals surface area contributed by atoms with E-state index in [0.29, 0.717) is 55.1 Å². The Kier molecular flexibility index (Phi) is 7.15. The second-order valence-electron chi connectivity index (χ2n) is 10.9. The van der Waals surface area contributed by atoms with Crippen LogP contribution >= 0.6 is 0 Å². The summed E-state index contributed by atoms with van der Waals surface area (Å²) >= 11 is 0. The lowest BCUT2D eigenvalue weighted by Crippen LogP contribution is -2.42. The average molecular weight is 535 g/mol. The molecule has 3 N–H and O–H groups in total. The summed E-state index contributed by atoms with van der Waals surface area (Å²) < 4.78 is 44.1. The summed E-state index contributed by atoms with van der Waals surface area (Å²) in [6.45, 7) is 1.25. The zero-order valence-corrected chi connectivity index (χ0v) is 21.3. The van der Waals surface area contributed by atoms with Crippen LogP contribution in [-0.2, 0) is 30.7 Å². The van der Waals surface area contributed by atoms with E-state index < -0.39 is 24.3 Å². The molecular weight excluding hydrogens is 501 g/mol. The summed E-state index contributed by atoms with van der Waals surface area (Å²) in [5, 5.41) is 20.9. The molecule has 38 heavy (non-hydrogen) atoms. The number of ether oxygens (including phenoxy) is 1. The molecule has 1 aromatic heterocycles. The van der Waals surface area contributed by atoms with Gasteiger partial charge in [0, 0.05) is 19.0 Å². The highest BCUT2D eigenvalue weighted by Crippen LogP contribution is 2.43. The molecule has 3 atom stereocenters. The molecular formula is C27H33F3N4O4. The first kappa shape index (κ1) is 26.5. The number of carbonyl (C=O) groups is 2. The molecule has 2 fully saturated rings. The Bertz CT molecular complexity index is 1210. The van der Waals surface area contributed by atoms with E-state index in [1.165, 1.54) is 18.9 Å². The fourth-order valence-corrected chi connectivity index (χ4v) is 5.09. The smallest absolute Gasteiger partial charge is 0.422 e. The lowest BCUT2D eigenvalue weighted by atomic mass is 9.95. The van der Waals surface area contributed by atoms with Gasteiger partial charge in [0.05, 0.1) is 23.5 Å². The maximum Gasteiger partial charge on any atom is 0.422 e. The van der Waals surface area contributed by atoms with E-state index in [0.717, 1.165) is 12.0 Å². The van der Waals surface area contributed by atoms with Crippen LogP contribution in [0.3, 0.4) is 0 Å². The highest BCUT2D eigenvalue weighted by molar-refractivity contribution is 5.98. The van der Waals surface area contributed by atoms with Gasteiger partial charge in [-0.05, 0) is 55.2 Å². The molecule has 8 nitrogen and oxygen atoms in total. The van der Waals surface area contributed by atoms with Crippen LogP contribution < -0.4 is 15.4 Å². The topological polar surface area (TPSA) is 105 Å². The van der Waals surface area contributed by atoms with E-state index in [1.54, 1.807) is 12.1 Å². The summed E-state index contributed by atoms with van der Waals surface area (Å²) in [7, 11) is 0. The Morgan fingerprint density at radius 3 is 2.76 bits per heavy atom. The van der Waals surface area contributed by atoms with Gasteiger partial charge in [-0.25, -0.2) is 0 Å². The molecule has 2 aromatic rings. The molecule has 3 unspecified atom stereocenters. The van der Waals surface area contributed by atoms with Gasteiger partial charge in [0.2, 0.25) is 0 Å². The van der Waals surface area contributed by atoms with E-state index in [4.69, 9.17) is 9.84 Å². The first-order valence-corrected chi connectivity index (χ1v) is 13.2. The number of halogens is 3. The van der Waals surface area contributed by atoms with E-state index in [1.807, 2.05) is 17.7 Å². The van der Waals surface area contributed by atoms with Crippen molar-refractivity contribution in [2.24, 2.45) is 11.8 Å². The van der Waals surface area contributed by atoms with Gasteiger partial charge in [-0.3, -0.25) is 14.3 Å².